The molecule has 0 saturated heterocycles. The number of benzene rings is 4. The van der Waals surface area contributed by atoms with Crippen molar-refractivity contribution in [2.45, 2.75) is 13.0 Å². The quantitative estimate of drug-likeness (QED) is 0.297. The minimum Gasteiger partial charge on any atom is -0.481 e. The predicted octanol–water partition coefficient (Wildman–Crippen LogP) is 5.87. The minimum absolute atomic E-state index is 0.0415. The summed E-state index contributed by atoms with van der Waals surface area (Å²) in [6.07, 6.45) is -0.659. The van der Waals surface area contributed by atoms with Crippen LogP contribution in [0.3, 0.4) is 0 Å². The fraction of sp³-hybridized carbons (Fsp3) is 0.0690. The van der Waals surface area contributed by atoms with E-state index in [1.807, 2.05) is 84.9 Å². The van der Waals surface area contributed by atoms with Crippen molar-refractivity contribution in [2.75, 3.05) is 5.32 Å². The number of ketones is 1. The number of H-pyrrole nitrogens is 1. The maximum absolute atomic E-state index is 12.8. The normalized spacial score (nSPS) is 11.7. The van der Waals surface area contributed by atoms with Crippen molar-refractivity contribution in [1.29, 1.82) is 0 Å². The highest BCUT2D eigenvalue weighted by Gasteiger charge is 2.16. The molecule has 0 aliphatic heterocycles. The van der Waals surface area contributed by atoms with Crippen LogP contribution in [-0.2, 0) is 4.79 Å². The summed E-state index contributed by atoms with van der Waals surface area (Å²) in [4.78, 5) is 33.4. The highest BCUT2D eigenvalue weighted by atomic mass is 16.5. The first-order chi connectivity index (χ1) is 17.1. The molecule has 0 saturated carbocycles. The third-order valence-corrected chi connectivity index (χ3v) is 5.61. The van der Waals surface area contributed by atoms with E-state index in [4.69, 9.17) is 4.74 Å². The van der Waals surface area contributed by atoms with Crippen molar-refractivity contribution >= 4 is 28.4 Å². The summed E-state index contributed by atoms with van der Waals surface area (Å²) in [6.45, 7) is 1.71. The van der Waals surface area contributed by atoms with Crippen molar-refractivity contribution in [3.63, 3.8) is 0 Å². The Balaban J connectivity index is 1.34. The maximum Gasteiger partial charge on any atom is 0.265 e. The van der Waals surface area contributed by atoms with Crippen molar-refractivity contribution < 1.29 is 14.3 Å². The van der Waals surface area contributed by atoms with E-state index in [9.17, 15) is 9.59 Å². The van der Waals surface area contributed by atoms with E-state index >= 15 is 0 Å². The van der Waals surface area contributed by atoms with E-state index in [0.29, 0.717) is 28.4 Å². The van der Waals surface area contributed by atoms with E-state index in [0.717, 1.165) is 16.6 Å². The van der Waals surface area contributed by atoms with Crippen LogP contribution in [0.25, 0.3) is 22.4 Å². The molecule has 0 aliphatic carbocycles. The van der Waals surface area contributed by atoms with Crippen LogP contribution in [0, 0.1) is 0 Å². The van der Waals surface area contributed by atoms with E-state index < -0.39 is 6.10 Å². The van der Waals surface area contributed by atoms with E-state index in [2.05, 4.69) is 15.3 Å². The molecule has 4 aromatic carbocycles. The van der Waals surface area contributed by atoms with Gasteiger partial charge in [0.2, 0.25) is 0 Å². The summed E-state index contributed by atoms with van der Waals surface area (Å²) in [5.74, 6) is 0.991. The molecule has 172 valence electrons. The van der Waals surface area contributed by atoms with Gasteiger partial charge in [-0.05, 0) is 49.4 Å². The highest BCUT2D eigenvalue weighted by Crippen LogP contribution is 2.25. The average Bonchev–Trinajstić information content (AvgIpc) is 3.33. The summed E-state index contributed by atoms with van der Waals surface area (Å²) in [5.41, 5.74) is 4.20. The Kier molecular flexibility index (Phi) is 6.09. The van der Waals surface area contributed by atoms with Gasteiger partial charge in [0.1, 0.15) is 11.6 Å². The number of imidazole rings is 1. The third kappa shape index (κ3) is 4.96. The second-order valence-corrected chi connectivity index (χ2v) is 8.16. The number of amides is 1. The first-order valence-electron chi connectivity index (χ1n) is 11.3. The lowest BCUT2D eigenvalue weighted by molar-refractivity contribution is -0.122. The van der Waals surface area contributed by atoms with E-state index in [1.165, 1.54) is 0 Å². The number of aromatic nitrogens is 2. The zero-order chi connectivity index (χ0) is 24.2. The summed E-state index contributed by atoms with van der Waals surface area (Å²) in [5, 5.41) is 2.90. The van der Waals surface area contributed by atoms with Crippen molar-refractivity contribution in [1.82, 2.24) is 9.97 Å². The highest BCUT2D eigenvalue weighted by molar-refractivity contribution is 6.10. The van der Waals surface area contributed by atoms with Crippen molar-refractivity contribution in [3.05, 3.63) is 114 Å². The van der Waals surface area contributed by atoms with Crippen LogP contribution >= 0.6 is 0 Å². The molecule has 6 heteroatoms. The average molecular weight is 462 g/mol. The fourth-order valence-electron chi connectivity index (χ4n) is 3.79. The zero-order valence-corrected chi connectivity index (χ0v) is 19.1. The number of nitrogens with zero attached hydrogens (tertiary/aromatic N) is 1. The van der Waals surface area contributed by atoms with Crippen LogP contribution in [0.15, 0.2) is 103 Å². The van der Waals surface area contributed by atoms with Crippen LogP contribution in [0.2, 0.25) is 0 Å². The predicted molar refractivity (Wildman–Crippen MR) is 137 cm³/mol. The molecule has 6 nitrogen and oxygen atoms in total. The number of carbonyl (C=O) groups excluding carboxylic acids is 2. The standard InChI is InChI=1S/C29H23N3O3/c1-19(35-24-13-6-3-7-14-24)29(34)30-23-12-8-11-22(17-23)28-31-25-16-15-21(18-26(25)32-28)27(33)20-9-4-2-5-10-20/h2-19H,1H3,(H,30,34)(H,31,32)/t19-/m1/s1. The Hall–Kier alpha value is -4.71. The smallest absolute Gasteiger partial charge is 0.265 e. The molecule has 1 heterocycles. The Bertz CT molecular complexity index is 1490. The number of carbonyl (C=O) groups is 2. The number of ether oxygens (including phenoxy) is 1. The summed E-state index contributed by atoms with van der Waals surface area (Å²) in [6, 6.07) is 31.3. The Morgan fingerprint density at radius 2 is 1.57 bits per heavy atom. The van der Waals surface area contributed by atoms with Crippen molar-refractivity contribution in [3.8, 4) is 17.1 Å². The van der Waals surface area contributed by atoms with Gasteiger partial charge in [-0.2, -0.15) is 0 Å². The van der Waals surface area contributed by atoms with Crippen LogP contribution < -0.4 is 10.1 Å². The number of nitrogens with one attached hydrogen (secondary N) is 2. The third-order valence-electron chi connectivity index (χ3n) is 5.61. The van der Waals surface area contributed by atoms with Gasteiger partial charge in [0.05, 0.1) is 11.0 Å². The lowest BCUT2D eigenvalue weighted by Crippen LogP contribution is -2.30. The molecule has 0 bridgehead atoms. The largest absolute Gasteiger partial charge is 0.481 e. The lowest BCUT2D eigenvalue weighted by Gasteiger charge is -2.15. The number of anilines is 1. The van der Waals surface area contributed by atoms with Gasteiger partial charge in [-0.3, -0.25) is 9.59 Å². The Labute approximate surface area is 202 Å². The van der Waals surface area contributed by atoms with Gasteiger partial charge < -0.3 is 15.0 Å². The minimum atomic E-state index is -0.659. The van der Waals surface area contributed by atoms with Gasteiger partial charge in [-0.25, -0.2) is 4.98 Å². The first-order valence-corrected chi connectivity index (χ1v) is 11.3. The molecule has 1 aromatic heterocycles. The topological polar surface area (TPSA) is 84.1 Å². The van der Waals surface area contributed by atoms with Gasteiger partial charge in [-0.15, -0.1) is 0 Å². The van der Waals surface area contributed by atoms with Gasteiger partial charge in [0, 0.05) is 22.4 Å². The molecule has 2 N–H and O–H groups in total. The first kappa shape index (κ1) is 22.1. The van der Waals surface area contributed by atoms with E-state index in [1.54, 1.807) is 25.1 Å². The molecule has 35 heavy (non-hydrogen) atoms. The molecule has 0 aliphatic rings. The van der Waals surface area contributed by atoms with Crippen LogP contribution in [0.1, 0.15) is 22.8 Å². The second kappa shape index (κ2) is 9.65. The monoisotopic (exact) mass is 461 g/mol. The molecule has 1 amide bonds. The molecule has 0 fully saturated rings. The maximum atomic E-state index is 12.8. The van der Waals surface area contributed by atoms with Crippen molar-refractivity contribution in [2.24, 2.45) is 0 Å². The van der Waals surface area contributed by atoms with E-state index in [-0.39, 0.29) is 11.7 Å². The molecule has 5 aromatic rings. The number of para-hydroxylation sites is 1. The SMILES string of the molecule is C[C@@H](Oc1ccccc1)C(=O)Nc1cccc(-c2nc3ccc(C(=O)c4ccccc4)cc3[nH]2)c1. The van der Waals surface area contributed by atoms with Crippen LogP contribution in [0.5, 0.6) is 5.75 Å². The summed E-state index contributed by atoms with van der Waals surface area (Å²) in [7, 11) is 0. The summed E-state index contributed by atoms with van der Waals surface area (Å²) >= 11 is 0. The Morgan fingerprint density at radius 3 is 2.34 bits per heavy atom. The molecule has 0 spiro atoms. The number of hydrogen-bond acceptors (Lipinski definition) is 4. The zero-order valence-electron chi connectivity index (χ0n) is 19.1. The van der Waals surface area contributed by atoms with Gasteiger partial charge >= 0.3 is 0 Å². The number of aromatic amines is 1. The van der Waals surface area contributed by atoms with Gasteiger partial charge in [0.15, 0.2) is 11.9 Å². The van der Waals surface area contributed by atoms with Gasteiger partial charge in [0.25, 0.3) is 5.91 Å². The second-order valence-electron chi connectivity index (χ2n) is 8.16. The number of rotatable bonds is 7. The lowest BCUT2D eigenvalue weighted by atomic mass is 10.0. The molecular weight excluding hydrogens is 438 g/mol. The molecule has 1 atom stereocenters. The Morgan fingerprint density at radius 1 is 0.829 bits per heavy atom. The summed E-state index contributed by atoms with van der Waals surface area (Å²) < 4.78 is 5.71. The molecule has 5 rings (SSSR count). The number of fused-ring (bicyclic) bond motifs is 1. The number of hydrogen-bond donors (Lipinski definition) is 2. The molecule has 0 unspecified atom stereocenters. The van der Waals surface area contributed by atoms with Crippen LogP contribution in [0.4, 0.5) is 5.69 Å². The van der Waals surface area contributed by atoms with Crippen LogP contribution in [-0.4, -0.2) is 27.8 Å². The fourth-order valence-corrected chi connectivity index (χ4v) is 3.79. The molecule has 0 radical (unpaired) electrons. The molecular formula is C29H23N3O3. The van der Waals surface area contributed by atoms with Gasteiger partial charge in [-0.1, -0.05) is 60.7 Å².